The molecule has 198 valence electrons. The van der Waals surface area contributed by atoms with E-state index in [-0.39, 0.29) is 30.2 Å². The fraction of sp³-hybridized carbons (Fsp3) is 0.185. The van der Waals surface area contributed by atoms with Crippen LogP contribution in [0.15, 0.2) is 60.9 Å². The third-order valence-corrected chi connectivity index (χ3v) is 7.41. The van der Waals surface area contributed by atoms with E-state index in [1.165, 1.54) is 56.1 Å². The van der Waals surface area contributed by atoms with E-state index in [0.29, 0.717) is 37.5 Å². The summed E-state index contributed by atoms with van der Waals surface area (Å²) in [6.07, 6.45) is 2.42. The third-order valence-electron chi connectivity index (χ3n) is 5.69. The molecular formula is C27H24Cl2N2O6S. The molecule has 0 aliphatic rings. The largest absolute Gasteiger partial charge is 0.506 e. The van der Waals surface area contributed by atoms with Crippen LogP contribution >= 0.6 is 34.5 Å². The summed E-state index contributed by atoms with van der Waals surface area (Å²) in [5.41, 5.74) is 1.47. The Bertz CT molecular complexity index is 1400. The molecule has 0 spiro atoms. The molecule has 2 aromatic carbocycles. The smallest absolute Gasteiger partial charge is 0.348 e. The predicted octanol–water partition coefficient (Wildman–Crippen LogP) is 6.63. The highest BCUT2D eigenvalue weighted by atomic mass is 35.5. The van der Waals surface area contributed by atoms with E-state index >= 15 is 0 Å². The Hall–Kier alpha value is -3.66. The Labute approximate surface area is 233 Å². The van der Waals surface area contributed by atoms with Gasteiger partial charge in [0.15, 0.2) is 11.5 Å². The number of rotatable bonds is 10. The van der Waals surface area contributed by atoms with Gasteiger partial charge in [0, 0.05) is 30.2 Å². The predicted molar refractivity (Wildman–Crippen MR) is 147 cm³/mol. The zero-order valence-corrected chi connectivity index (χ0v) is 22.7. The molecule has 0 amide bonds. The van der Waals surface area contributed by atoms with Crippen LogP contribution in [0.2, 0.25) is 10.0 Å². The van der Waals surface area contributed by atoms with Gasteiger partial charge >= 0.3 is 5.97 Å². The van der Waals surface area contributed by atoms with E-state index in [0.717, 1.165) is 4.88 Å². The minimum absolute atomic E-state index is 0.0765. The summed E-state index contributed by atoms with van der Waals surface area (Å²) in [6, 6.07) is 13.2. The standard InChI is InChI=1S/C27H24Cl2N2O6S/c1-35-22-8-6-15(10-24(22)36-2)23(11-17-18(28)13-30-14-19(17)29)37-27(34)25-9-7-16(38-25)12-31-26-20(32)4-3-5-21(26)33/h3-10,13-14,23,31-33H,11-12H2,1-2H3/t23-/m0/s1. The second-order valence-electron chi connectivity index (χ2n) is 8.08. The lowest BCUT2D eigenvalue weighted by molar-refractivity contribution is 0.0303. The molecule has 4 aromatic rings. The quantitative estimate of drug-likeness (QED) is 0.143. The summed E-state index contributed by atoms with van der Waals surface area (Å²) in [5.74, 6) is 0.328. The van der Waals surface area contributed by atoms with Crippen LogP contribution < -0.4 is 14.8 Å². The first-order valence-corrected chi connectivity index (χ1v) is 12.9. The van der Waals surface area contributed by atoms with Gasteiger partial charge in [0.25, 0.3) is 0 Å². The molecule has 0 fully saturated rings. The molecule has 2 aromatic heterocycles. The molecule has 3 N–H and O–H groups in total. The van der Waals surface area contributed by atoms with Gasteiger partial charge in [-0.05, 0) is 47.5 Å². The molecule has 0 saturated carbocycles. The number of aromatic nitrogens is 1. The van der Waals surface area contributed by atoms with Crippen molar-refractivity contribution in [3.63, 3.8) is 0 Å². The monoisotopic (exact) mass is 574 g/mol. The molecule has 0 aliphatic carbocycles. The number of benzene rings is 2. The van der Waals surface area contributed by atoms with Gasteiger partial charge in [-0.25, -0.2) is 4.79 Å². The molecule has 1 atom stereocenters. The van der Waals surface area contributed by atoms with Crippen molar-refractivity contribution in [1.29, 1.82) is 0 Å². The van der Waals surface area contributed by atoms with Crippen molar-refractivity contribution in [2.24, 2.45) is 0 Å². The van der Waals surface area contributed by atoms with Gasteiger partial charge in [-0.1, -0.05) is 35.3 Å². The van der Waals surface area contributed by atoms with Crippen molar-refractivity contribution in [2.45, 2.75) is 19.1 Å². The number of carbonyl (C=O) groups is 1. The average molecular weight is 575 g/mol. The maximum Gasteiger partial charge on any atom is 0.348 e. The zero-order valence-electron chi connectivity index (χ0n) is 20.4. The Morgan fingerprint density at radius 1 is 1.00 bits per heavy atom. The number of hydrogen-bond donors (Lipinski definition) is 3. The van der Waals surface area contributed by atoms with Gasteiger partial charge in [0.1, 0.15) is 28.2 Å². The molecule has 0 aliphatic heterocycles. The molecule has 8 nitrogen and oxygen atoms in total. The van der Waals surface area contributed by atoms with Crippen LogP contribution in [0.3, 0.4) is 0 Å². The molecule has 11 heteroatoms. The Morgan fingerprint density at radius 2 is 1.68 bits per heavy atom. The van der Waals surface area contributed by atoms with Crippen LogP contribution in [0.1, 0.15) is 31.8 Å². The van der Waals surface area contributed by atoms with Crippen LogP contribution in [0.25, 0.3) is 0 Å². The fourth-order valence-corrected chi connectivity index (χ4v) is 5.10. The number of esters is 1. The number of aromatic hydroxyl groups is 2. The van der Waals surface area contributed by atoms with Gasteiger partial charge in [-0.3, -0.25) is 4.98 Å². The zero-order chi connectivity index (χ0) is 27.2. The number of carbonyl (C=O) groups excluding carboxylic acids is 1. The number of pyridine rings is 1. The van der Waals surface area contributed by atoms with Gasteiger partial charge in [-0.15, -0.1) is 11.3 Å². The Morgan fingerprint density at radius 3 is 2.34 bits per heavy atom. The van der Waals surface area contributed by atoms with E-state index in [9.17, 15) is 15.0 Å². The molecule has 38 heavy (non-hydrogen) atoms. The lowest BCUT2D eigenvalue weighted by atomic mass is 10.0. The second-order valence-corrected chi connectivity index (χ2v) is 10.1. The third kappa shape index (κ3) is 6.24. The number of phenols is 2. The summed E-state index contributed by atoms with van der Waals surface area (Å²) < 4.78 is 16.7. The number of ether oxygens (including phenoxy) is 3. The van der Waals surface area contributed by atoms with Gasteiger partial charge in [0.05, 0.1) is 24.3 Å². The molecule has 0 saturated heterocycles. The Kier molecular flexibility index (Phi) is 8.83. The Balaban J connectivity index is 1.56. The van der Waals surface area contributed by atoms with Gasteiger partial charge < -0.3 is 29.7 Å². The minimum atomic E-state index is -0.749. The van der Waals surface area contributed by atoms with Crippen molar-refractivity contribution in [3.05, 3.63) is 91.9 Å². The molecule has 4 rings (SSSR count). The summed E-state index contributed by atoms with van der Waals surface area (Å²) in [4.78, 5) is 18.4. The number of anilines is 1. The highest BCUT2D eigenvalue weighted by Gasteiger charge is 2.24. The maximum absolute atomic E-state index is 13.2. The lowest BCUT2D eigenvalue weighted by Gasteiger charge is -2.20. The minimum Gasteiger partial charge on any atom is -0.506 e. The molecule has 2 heterocycles. The summed E-state index contributed by atoms with van der Waals surface area (Å²) in [6.45, 7) is 0.282. The van der Waals surface area contributed by atoms with Crippen molar-refractivity contribution in [3.8, 4) is 23.0 Å². The van der Waals surface area contributed by atoms with E-state index in [1.54, 1.807) is 30.3 Å². The van der Waals surface area contributed by atoms with Crippen LogP contribution in [-0.4, -0.2) is 35.4 Å². The van der Waals surface area contributed by atoms with E-state index in [4.69, 9.17) is 37.4 Å². The number of halogens is 2. The number of nitrogens with zero attached hydrogens (tertiary/aromatic N) is 1. The SMILES string of the molecule is COc1ccc([C@H](Cc2c(Cl)cncc2Cl)OC(=O)c2ccc(CNc3c(O)cccc3O)s2)cc1OC. The van der Waals surface area contributed by atoms with Gasteiger partial charge in [-0.2, -0.15) is 0 Å². The highest BCUT2D eigenvalue weighted by Crippen LogP contribution is 2.36. The number of hydrogen-bond acceptors (Lipinski definition) is 9. The normalized spacial score (nSPS) is 11.6. The maximum atomic E-state index is 13.2. The number of thiophene rings is 1. The van der Waals surface area contributed by atoms with Crippen molar-refractivity contribution in [2.75, 3.05) is 19.5 Å². The molecule has 0 radical (unpaired) electrons. The van der Waals surface area contributed by atoms with Crippen LogP contribution in [-0.2, 0) is 17.7 Å². The summed E-state index contributed by atoms with van der Waals surface area (Å²) in [7, 11) is 3.06. The number of phenolic OH excluding ortho intramolecular Hbond substituents is 2. The first-order valence-electron chi connectivity index (χ1n) is 11.3. The highest BCUT2D eigenvalue weighted by molar-refractivity contribution is 7.13. The first kappa shape index (κ1) is 27.4. The summed E-state index contributed by atoms with van der Waals surface area (Å²) >= 11 is 13.9. The second kappa shape index (κ2) is 12.3. The van der Waals surface area contributed by atoms with Crippen LogP contribution in [0, 0.1) is 0 Å². The molecular weight excluding hydrogens is 551 g/mol. The molecule has 0 unspecified atom stereocenters. The molecule has 0 bridgehead atoms. The van der Waals surface area contributed by atoms with Gasteiger partial charge in [0.2, 0.25) is 0 Å². The number of nitrogens with one attached hydrogen (secondary N) is 1. The average Bonchev–Trinajstić information content (AvgIpc) is 3.38. The number of methoxy groups -OCH3 is 2. The van der Waals surface area contributed by atoms with Crippen LogP contribution in [0.4, 0.5) is 5.69 Å². The van der Waals surface area contributed by atoms with E-state index in [1.807, 2.05) is 0 Å². The summed E-state index contributed by atoms with van der Waals surface area (Å²) in [5, 5.41) is 23.6. The number of para-hydroxylation sites is 1. The van der Waals surface area contributed by atoms with E-state index in [2.05, 4.69) is 10.3 Å². The van der Waals surface area contributed by atoms with E-state index < -0.39 is 12.1 Å². The van der Waals surface area contributed by atoms with Crippen LogP contribution in [0.5, 0.6) is 23.0 Å². The fourth-order valence-electron chi connectivity index (χ4n) is 3.75. The topological polar surface area (TPSA) is 110 Å². The lowest BCUT2D eigenvalue weighted by Crippen LogP contribution is -2.14. The van der Waals surface area contributed by atoms with Crippen molar-refractivity contribution in [1.82, 2.24) is 4.98 Å². The first-order chi connectivity index (χ1) is 18.3. The van der Waals surface area contributed by atoms with Crippen molar-refractivity contribution < 1.29 is 29.2 Å². The van der Waals surface area contributed by atoms with Crippen molar-refractivity contribution >= 4 is 46.2 Å².